The summed E-state index contributed by atoms with van der Waals surface area (Å²) >= 11 is 5.96. The van der Waals surface area contributed by atoms with Crippen LogP contribution in [0.1, 0.15) is 21.6 Å². The standard InChI is InChI=1S/C27H27ClF3N5O3/c1-18-16-19(25(37)33-22-7-9-24(32-17-22)27(29,30)31)2-8-23(18)36(11-10-35-12-14-39-15-13-35)26(38)34-21-5-3-20(28)4-6-21/h2-9,16-17H,10-15H2,1H3,(H,33,37)(H,34,38). The largest absolute Gasteiger partial charge is 0.433 e. The summed E-state index contributed by atoms with van der Waals surface area (Å²) in [7, 11) is 0. The lowest BCUT2D eigenvalue weighted by Crippen LogP contribution is -2.44. The van der Waals surface area contributed by atoms with Crippen LogP contribution in [0.3, 0.4) is 0 Å². The Hall–Kier alpha value is -3.67. The third-order valence-corrected chi connectivity index (χ3v) is 6.40. The predicted molar refractivity (Wildman–Crippen MR) is 143 cm³/mol. The van der Waals surface area contributed by atoms with Crippen molar-refractivity contribution in [2.24, 2.45) is 0 Å². The average molecular weight is 562 g/mol. The Morgan fingerprint density at radius 3 is 2.33 bits per heavy atom. The van der Waals surface area contributed by atoms with Crippen molar-refractivity contribution in [3.05, 3.63) is 82.6 Å². The van der Waals surface area contributed by atoms with E-state index in [1.54, 1.807) is 54.3 Å². The molecule has 39 heavy (non-hydrogen) atoms. The number of rotatable bonds is 7. The molecule has 3 aromatic rings. The molecule has 0 bridgehead atoms. The van der Waals surface area contributed by atoms with Gasteiger partial charge in [-0.25, -0.2) is 9.78 Å². The number of carbonyl (C=O) groups is 2. The number of halogens is 4. The molecule has 12 heteroatoms. The van der Waals surface area contributed by atoms with E-state index < -0.39 is 17.8 Å². The van der Waals surface area contributed by atoms with Crippen molar-refractivity contribution in [1.29, 1.82) is 0 Å². The van der Waals surface area contributed by atoms with Crippen molar-refractivity contribution in [1.82, 2.24) is 9.88 Å². The van der Waals surface area contributed by atoms with Gasteiger partial charge in [0, 0.05) is 48.1 Å². The van der Waals surface area contributed by atoms with Gasteiger partial charge in [-0.1, -0.05) is 11.6 Å². The Bertz CT molecular complexity index is 1300. The van der Waals surface area contributed by atoms with E-state index in [4.69, 9.17) is 16.3 Å². The molecular formula is C27H27ClF3N5O3. The van der Waals surface area contributed by atoms with Gasteiger partial charge in [0.25, 0.3) is 5.91 Å². The molecule has 3 amide bonds. The van der Waals surface area contributed by atoms with Crippen LogP contribution < -0.4 is 15.5 Å². The Kier molecular flexibility index (Phi) is 9.05. The summed E-state index contributed by atoms with van der Waals surface area (Å²) in [6, 6.07) is 13.2. The molecule has 1 fully saturated rings. The zero-order valence-electron chi connectivity index (χ0n) is 21.1. The maximum absolute atomic E-state index is 13.4. The van der Waals surface area contributed by atoms with Gasteiger partial charge in [-0.2, -0.15) is 13.2 Å². The van der Waals surface area contributed by atoms with Crippen molar-refractivity contribution in [2.75, 3.05) is 54.9 Å². The van der Waals surface area contributed by atoms with Gasteiger partial charge in [-0.15, -0.1) is 0 Å². The fourth-order valence-electron chi connectivity index (χ4n) is 4.06. The number of hydrogen-bond donors (Lipinski definition) is 2. The molecule has 2 aromatic carbocycles. The van der Waals surface area contributed by atoms with Gasteiger partial charge >= 0.3 is 12.2 Å². The van der Waals surface area contributed by atoms with Crippen LogP contribution in [0.15, 0.2) is 60.8 Å². The summed E-state index contributed by atoms with van der Waals surface area (Å²) < 4.78 is 43.7. The van der Waals surface area contributed by atoms with E-state index in [0.29, 0.717) is 48.3 Å². The highest BCUT2D eigenvalue weighted by molar-refractivity contribution is 6.30. The number of hydrogen-bond acceptors (Lipinski definition) is 5. The van der Waals surface area contributed by atoms with Gasteiger partial charge in [0.05, 0.1) is 25.1 Å². The highest BCUT2D eigenvalue weighted by atomic mass is 35.5. The predicted octanol–water partition coefficient (Wildman–Crippen LogP) is 5.69. The van der Waals surface area contributed by atoms with Gasteiger partial charge in [0.2, 0.25) is 0 Å². The minimum atomic E-state index is -4.57. The molecule has 0 aliphatic carbocycles. The van der Waals surface area contributed by atoms with Gasteiger partial charge in [0.1, 0.15) is 5.69 Å². The molecule has 206 valence electrons. The summed E-state index contributed by atoms with van der Waals surface area (Å²) in [4.78, 5) is 33.3. The highest BCUT2D eigenvalue weighted by Gasteiger charge is 2.32. The molecule has 0 saturated carbocycles. The summed E-state index contributed by atoms with van der Waals surface area (Å²) in [6.45, 7) is 5.60. The number of alkyl halides is 3. The Morgan fingerprint density at radius 2 is 1.72 bits per heavy atom. The number of nitrogens with zero attached hydrogens (tertiary/aromatic N) is 3. The molecule has 1 aliphatic rings. The first-order valence-electron chi connectivity index (χ1n) is 12.2. The number of pyridine rings is 1. The molecule has 1 aliphatic heterocycles. The number of aryl methyl sites for hydroxylation is 1. The third kappa shape index (κ3) is 7.69. The van der Waals surface area contributed by atoms with E-state index in [0.717, 1.165) is 31.4 Å². The smallest absolute Gasteiger partial charge is 0.379 e. The normalized spacial score (nSPS) is 14.1. The molecule has 1 aromatic heterocycles. The lowest BCUT2D eigenvalue weighted by molar-refractivity contribution is -0.141. The monoisotopic (exact) mass is 561 g/mol. The molecule has 4 rings (SSSR count). The van der Waals surface area contributed by atoms with Crippen LogP contribution in [-0.4, -0.2) is 61.2 Å². The van der Waals surface area contributed by atoms with Gasteiger partial charge < -0.3 is 15.4 Å². The van der Waals surface area contributed by atoms with Crippen LogP contribution in [0.2, 0.25) is 5.02 Å². The number of urea groups is 1. The van der Waals surface area contributed by atoms with Crippen LogP contribution in [0, 0.1) is 6.92 Å². The van der Waals surface area contributed by atoms with Crippen molar-refractivity contribution in [2.45, 2.75) is 13.1 Å². The zero-order valence-corrected chi connectivity index (χ0v) is 21.9. The van der Waals surface area contributed by atoms with Crippen molar-refractivity contribution in [3.8, 4) is 0 Å². The van der Waals surface area contributed by atoms with Crippen molar-refractivity contribution in [3.63, 3.8) is 0 Å². The molecule has 0 radical (unpaired) electrons. The van der Waals surface area contributed by atoms with E-state index >= 15 is 0 Å². The van der Waals surface area contributed by atoms with E-state index in [9.17, 15) is 22.8 Å². The lowest BCUT2D eigenvalue weighted by Gasteiger charge is -2.31. The highest BCUT2D eigenvalue weighted by Crippen LogP contribution is 2.28. The van der Waals surface area contributed by atoms with Gasteiger partial charge in [-0.3, -0.25) is 14.6 Å². The Balaban J connectivity index is 1.50. The third-order valence-electron chi connectivity index (χ3n) is 6.15. The minimum absolute atomic E-state index is 0.129. The van der Waals surface area contributed by atoms with E-state index in [1.807, 2.05) is 0 Å². The summed E-state index contributed by atoms with van der Waals surface area (Å²) in [6.07, 6.45) is -3.61. The van der Waals surface area contributed by atoms with Crippen molar-refractivity contribution < 1.29 is 27.5 Å². The van der Waals surface area contributed by atoms with E-state index in [-0.39, 0.29) is 17.3 Å². The zero-order chi connectivity index (χ0) is 28.0. The van der Waals surface area contributed by atoms with Crippen LogP contribution in [-0.2, 0) is 10.9 Å². The topological polar surface area (TPSA) is 86.8 Å². The SMILES string of the molecule is Cc1cc(C(=O)Nc2ccc(C(F)(F)F)nc2)ccc1N(CCN1CCOCC1)C(=O)Nc1ccc(Cl)cc1. The van der Waals surface area contributed by atoms with Crippen LogP contribution in [0.4, 0.5) is 35.0 Å². The van der Waals surface area contributed by atoms with E-state index in [1.165, 1.54) is 0 Å². The molecule has 2 N–H and O–H groups in total. The summed E-state index contributed by atoms with van der Waals surface area (Å²) in [5, 5.41) is 5.99. The fourth-order valence-corrected chi connectivity index (χ4v) is 4.19. The number of aromatic nitrogens is 1. The summed E-state index contributed by atoms with van der Waals surface area (Å²) in [5.41, 5.74) is 1.23. The molecular weight excluding hydrogens is 535 g/mol. The lowest BCUT2D eigenvalue weighted by atomic mass is 10.1. The number of ether oxygens (including phenoxy) is 1. The number of amides is 3. The second kappa shape index (κ2) is 12.5. The minimum Gasteiger partial charge on any atom is -0.379 e. The van der Waals surface area contributed by atoms with Crippen LogP contribution in [0.5, 0.6) is 0 Å². The number of morpholine rings is 1. The first-order chi connectivity index (χ1) is 18.6. The van der Waals surface area contributed by atoms with Gasteiger partial charge in [-0.05, 0) is 67.1 Å². The Labute approximate surface area is 228 Å². The molecule has 8 nitrogen and oxygen atoms in total. The molecule has 2 heterocycles. The second-order valence-electron chi connectivity index (χ2n) is 8.93. The summed E-state index contributed by atoms with van der Waals surface area (Å²) in [5.74, 6) is -0.517. The van der Waals surface area contributed by atoms with Crippen molar-refractivity contribution >= 4 is 40.6 Å². The number of carbonyl (C=O) groups excluding carboxylic acids is 2. The molecule has 1 saturated heterocycles. The fraction of sp³-hybridized carbons (Fsp3) is 0.296. The maximum Gasteiger partial charge on any atom is 0.433 e. The van der Waals surface area contributed by atoms with E-state index in [2.05, 4.69) is 20.5 Å². The first kappa shape index (κ1) is 28.3. The Morgan fingerprint density at radius 1 is 1.03 bits per heavy atom. The quantitative estimate of drug-likeness (QED) is 0.387. The molecule has 0 atom stereocenters. The molecule has 0 spiro atoms. The van der Waals surface area contributed by atoms with Gasteiger partial charge in [0.15, 0.2) is 0 Å². The molecule has 0 unspecified atom stereocenters. The number of anilines is 3. The maximum atomic E-state index is 13.4. The first-order valence-corrected chi connectivity index (χ1v) is 12.6. The number of nitrogens with one attached hydrogen (secondary N) is 2. The second-order valence-corrected chi connectivity index (χ2v) is 9.36. The van der Waals surface area contributed by atoms with Crippen LogP contribution >= 0.6 is 11.6 Å². The number of benzene rings is 2. The van der Waals surface area contributed by atoms with Crippen LogP contribution in [0.25, 0.3) is 0 Å². The average Bonchev–Trinajstić information content (AvgIpc) is 2.91.